The first kappa shape index (κ1) is 14.9. The third kappa shape index (κ3) is 3.68. The Bertz CT molecular complexity index is 316. The van der Waals surface area contributed by atoms with Gasteiger partial charge in [-0.05, 0) is 6.92 Å². The second kappa shape index (κ2) is 6.15. The number of rotatable bonds is 3. The maximum atomic E-state index is 11.0. The minimum Gasteiger partial charge on any atom is -0.463 e. The predicted octanol–water partition coefficient (Wildman–Crippen LogP) is 0.265. The Morgan fingerprint density at radius 3 is 2.33 bits per heavy atom. The number of hydrogen-bond donors (Lipinski definition) is 1. The summed E-state index contributed by atoms with van der Waals surface area (Å²) in [6, 6.07) is 0. The van der Waals surface area contributed by atoms with Crippen molar-refractivity contribution in [3.63, 3.8) is 0 Å². The van der Waals surface area contributed by atoms with Crippen LogP contribution in [0.3, 0.4) is 0 Å². The van der Waals surface area contributed by atoms with Crippen molar-refractivity contribution in [2.75, 3.05) is 6.61 Å². The second-order valence-corrected chi connectivity index (χ2v) is 4.61. The van der Waals surface area contributed by atoms with Crippen LogP contribution < -0.4 is 0 Å². The lowest BCUT2D eigenvalue weighted by Crippen LogP contribution is -2.55. The summed E-state index contributed by atoms with van der Waals surface area (Å²) in [5.74, 6) is -1.11. The van der Waals surface area contributed by atoms with Crippen LogP contribution in [0, 0.1) is 5.92 Å². The van der Waals surface area contributed by atoms with E-state index in [-0.39, 0.29) is 18.6 Å². The highest BCUT2D eigenvalue weighted by Gasteiger charge is 2.43. The molecule has 0 aliphatic carbocycles. The average Bonchev–Trinajstić information content (AvgIpc) is 2.27. The molecule has 104 valence electrons. The highest BCUT2D eigenvalue weighted by molar-refractivity contribution is 5.66. The van der Waals surface area contributed by atoms with Crippen LogP contribution in [-0.2, 0) is 23.8 Å². The Hall–Kier alpha value is -1.14. The molecule has 6 nitrogen and oxygen atoms in total. The molecule has 1 aliphatic heterocycles. The lowest BCUT2D eigenvalue weighted by atomic mass is 9.89. The second-order valence-electron chi connectivity index (χ2n) is 4.61. The van der Waals surface area contributed by atoms with Crippen molar-refractivity contribution in [1.82, 2.24) is 0 Å². The number of aliphatic hydroxyl groups excluding tert-OH is 1. The van der Waals surface area contributed by atoms with Crippen LogP contribution in [0.25, 0.3) is 0 Å². The monoisotopic (exact) mass is 260 g/mol. The molecule has 0 unspecified atom stereocenters. The minimum atomic E-state index is -0.835. The molecule has 0 aromatic heterocycles. The quantitative estimate of drug-likeness (QED) is 0.733. The van der Waals surface area contributed by atoms with E-state index < -0.39 is 30.3 Å². The molecule has 0 saturated carbocycles. The molecule has 1 heterocycles. The molecule has 0 spiro atoms. The van der Waals surface area contributed by atoms with Gasteiger partial charge in [-0.1, -0.05) is 6.92 Å². The van der Waals surface area contributed by atoms with Gasteiger partial charge in [0.05, 0.1) is 12.2 Å². The zero-order valence-corrected chi connectivity index (χ0v) is 11.1. The van der Waals surface area contributed by atoms with E-state index in [0.29, 0.717) is 0 Å². The van der Waals surface area contributed by atoms with Gasteiger partial charge in [-0.25, -0.2) is 0 Å². The molecule has 6 heteroatoms. The Morgan fingerprint density at radius 2 is 1.83 bits per heavy atom. The van der Waals surface area contributed by atoms with E-state index in [1.807, 2.05) is 13.8 Å². The predicted molar refractivity (Wildman–Crippen MR) is 61.7 cm³/mol. The molecule has 1 rings (SSSR count). The summed E-state index contributed by atoms with van der Waals surface area (Å²) in [4.78, 5) is 21.8. The van der Waals surface area contributed by atoms with Crippen LogP contribution in [-0.4, -0.2) is 48.1 Å². The van der Waals surface area contributed by atoms with Gasteiger partial charge in [0.1, 0.15) is 12.7 Å². The molecular weight excluding hydrogens is 240 g/mol. The molecular formula is C12H20O6. The van der Waals surface area contributed by atoms with Gasteiger partial charge in [-0.15, -0.1) is 0 Å². The first-order chi connectivity index (χ1) is 8.32. The van der Waals surface area contributed by atoms with Crippen molar-refractivity contribution < 1.29 is 28.9 Å². The molecule has 0 bridgehead atoms. The van der Waals surface area contributed by atoms with Crippen molar-refractivity contribution in [2.45, 2.75) is 52.1 Å². The molecule has 0 aromatic carbocycles. The van der Waals surface area contributed by atoms with E-state index in [1.165, 1.54) is 13.8 Å². The lowest BCUT2D eigenvalue weighted by molar-refractivity contribution is -0.219. The van der Waals surface area contributed by atoms with E-state index in [2.05, 4.69) is 0 Å². The molecule has 18 heavy (non-hydrogen) atoms. The SMILES string of the molecule is CC(=O)OC[C@H]1O[C@@H](C)[C@@H](C)[C@@H](O)[C@@H]1OC(C)=O. The molecule has 1 N–H and O–H groups in total. The minimum absolute atomic E-state index is 0.0403. The molecule has 0 aromatic rings. The van der Waals surface area contributed by atoms with Crippen LogP contribution in [0.15, 0.2) is 0 Å². The Balaban J connectivity index is 2.75. The number of carbonyl (C=O) groups excluding carboxylic acids is 2. The number of carbonyl (C=O) groups is 2. The van der Waals surface area contributed by atoms with Gasteiger partial charge in [-0.3, -0.25) is 9.59 Å². The smallest absolute Gasteiger partial charge is 0.303 e. The third-order valence-electron chi connectivity index (χ3n) is 3.12. The number of aliphatic hydroxyl groups is 1. The van der Waals surface area contributed by atoms with Crippen molar-refractivity contribution in [2.24, 2.45) is 5.92 Å². The number of hydrogen-bond acceptors (Lipinski definition) is 6. The third-order valence-corrected chi connectivity index (χ3v) is 3.12. The van der Waals surface area contributed by atoms with Crippen LogP contribution in [0.1, 0.15) is 27.7 Å². The fourth-order valence-electron chi connectivity index (χ4n) is 1.94. The van der Waals surface area contributed by atoms with Gasteiger partial charge in [-0.2, -0.15) is 0 Å². The van der Waals surface area contributed by atoms with Crippen LogP contribution in [0.5, 0.6) is 0 Å². The maximum Gasteiger partial charge on any atom is 0.303 e. The average molecular weight is 260 g/mol. The summed E-state index contributed by atoms with van der Waals surface area (Å²) in [5.41, 5.74) is 0. The lowest BCUT2D eigenvalue weighted by Gasteiger charge is -2.41. The van der Waals surface area contributed by atoms with Gasteiger partial charge in [0.2, 0.25) is 0 Å². The maximum absolute atomic E-state index is 11.0. The van der Waals surface area contributed by atoms with Crippen LogP contribution >= 0.6 is 0 Å². The normalized spacial score (nSPS) is 35.9. The van der Waals surface area contributed by atoms with Crippen molar-refractivity contribution in [3.8, 4) is 0 Å². The van der Waals surface area contributed by atoms with Crippen LogP contribution in [0.2, 0.25) is 0 Å². The summed E-state index contributed by atoms with van der Waals surface area (Å²) >= 11 is 0. The molecule has 5 atom stereocenters. The summed E-state index contributed by atoms with van der Waals surface area (Å²) in [5, 5.41) is 10.1. The zero-order chi connectivity index (χ0) is 13.9. The zero-order valence-electron chi connectivity index (χ0n) is 11.1. The summed E-state index contributed by atoms with van der Waals surface area (Å²) in [6.45, 7) is 6.14. The fourth-order valence-corrected chi connectivity index (χ4v) is 1.94. The van der Waals surface area contributed by atoms with Crippen molar-refractivity contribution in [3.05, 3.63) is 0 Å². The molecule has 1 aliphatic rings. The molecule has 0 radical (unpaired) electrons. The van der Waals surface area contributed by atoms with E-state index >= 15 is 0 Å². The highest BCUT2D eigenvalue weighted by Crippen LogP contribution is 2.28. The van der Waals surface area contributed by atoms with Crippen LogP contribution in [0.4, 0.5) is 0 Å². The Labute approximate surface area is 106 Å². The van der Waals surface area contributed by atoms with Gasteiger partial charge in [0, 0.05) is 19.8 Å². The first-order valence-electron chi connectivity index (χ1n) is 5.97. The summed E-state index contributed by atoms with van der Waals surface area (Å²) in [6.07, 6.45) is -2.49. The standard InChI is InChI=1S/C12H20O6/c1-6-7(2)17-10(5-16-8(3)13)12(11(6)15)18-9(4)14/h6-7,10-12,15H,5H2,1-4H3/t6-,7+,10-,11-,12-/m1/s1. The van der Waals surface area contributed by atoms with Gasteiger partial charge >= 0.3 is 11.9 Å². The van der Waals surface area contributed by atoms with E-state index in [9.17, 15) is 14.7 Å². The first-order valence-corrected chi connectivity index (χ1v) is 5.97. The van der Waals surface area contributed by atoms with Crippen molar-refractivity contribution >= 4 is 11.9 Å². The largest absolute Gasteiger partial charge is 0.463 e. The fraction of sp³-hybridized carbons (Fsp3) is 0.833. The van der Waals surface area contributed by atoms with Gasteiger partial charge in [0.15, 0.2) is 6.10 Å². The molecule has 1 saturated heterocycles. The van der Waals surface area contributed by atoms with Crippen molar-refractivity contribution in [1.29, 1.82) is 0 Å². The number of ether oxygens (including phenoxy) is 3. The summed E-state index contributed by atoms with van der Waals surface area (Å²) < 4.78 is 15.5. The van der Waals surface area contributed by atoms with E-state index in [4.69, 9.17) is 14.2 Å². The van der Waals surface area contributed by atoms with Gasteiger partial charge < -0.3 is 19.3 Å². The topological polar surface area (TPSA) is 82.1 Å². The molecule has 1 fully saturated rings. The Morgan fingerprint density at radius 1 is 1.22 bits per heavy atom. The van der Waals surface area contributed by atoms with E-state index in [0.717, 1.165) is 0 Å². The highest BCUT2D eigenvalue weighted by atomic mass is 16.6. The molecule has 0 amide bonds. The van der Waals surface area contributed by atoms with Gasteiger partial charge in [0.25, 0.3) is 0 Å². The Kier molecular flexibility index (Phi) is 5.10. The summed E-state index contributed by atoms with van der Waals surface area (Å²) in [7, 11) is 0. The number of esters is 2. The van der Waals surface area contributed by atoms with E-state index in [1.54, 1.807) is 0 Å².